The van der Waals surface area contributed by atoms with Crippen molar-refractivity contribution in [3.63, 3.8) is 0 Å². The summed E-state index contributed by atoms with van der Waals surface area (Å²) < 4.78 is 5.58. The van der Waals surface area contributed by atoms with Crippen LogP contribution in [0.15, 0.2) is 6.07 Å². The first-order chi connectivity index (χ1) is 9.28. The van der Waals surface area contributed by atoms with E-state index in [-0.39, 0.29) is 0 Å². The summed E-state index contributed by atoms with van der Waals surface area (Å²) in [7, 11) is 0. The summed E-state index contributed by atoms with van der Waals surface area (Å²) in [5, 5.41) is 6.56. The molecule has 0 spiro atoms. The van der Waals surface area contributed by atoms with Crippen molar-refractivity contribution in [2.45, 2.75) is 33.1 Å². The summed E-state index contributed by atoms with van der Waals surface area (Å²) >= 11 is 0. The van der Waals surface area contributed by atoms with E-state index in [1.54, 1.807) is 0 Å². The van der Waals surface area contributed by atoms with Crippen molar-refractivity contribution in [2.75, 3.05) is 36.9 Å². The van der Waals surface area contributed by atoms with Gasteiger partial charge in [0.2, 0.25) is 0 Å². The largest absolute Gasteiger partial charge is 0.379 e. The second-order valence-corrected chi connectivity index (χ2v) is 5.06. The molecule has 1 aliphatic rings. The molecule has 0 radical (unpaired) electrons. The molecule has 0 unspecified atom stereocenters. The molecule has 0 aromatic carbocycles. The van der Waals surface area contributed by atoms with Crippen LogP contribution in [0.1, 0.15) is 32.0 Å². The van der Waals surface area contributed by atoms with E-state index in [9.17, 15) is 0 Å². The molecule has 106 valence electrons. The Morgan fingerprint density at radius 2 is 1.89 bits per heavy atom. The molecule has 1 fully saturated rings. The number of hydrogen-bond acceptors (Lipinski definition) is 5. The molecule has 0 bridgehead atoms. The Kier molecular flexibility index (Phi) is 5.39. The topological polar surface area (TPSA) is 59.1 Å². The smallest absolute Gasteiger partial charge is 0.131 e. The molecular formula is C14H24N4O. The number of rotatable bonds is 9. The SMILES string of the molecule is CCCNc1cc(NCCOCC2CC2)nc(C)n1. The molecule has 2 rings (SSSR count). The number of nitrogens with one attached hydrogen (secondary N) is 2. The molecule has 1 aromatic rings. The van der Waals surface area contributed by atoms with Gasteiger partial charge in [0.05, 0.1) is 6.61 Å². The van der Waals surface area contributed by atoms with Gasteiger partial charge in [-0.25, -0.2) is 9.97 Å². The van der Waals surface area contributed by atoms with Crippen molar-refractivity contribution in [3.8, 4) is 0 Å². The summed E-state index contributed by atoms with van der Waals surface area (Å²) in [6.07, 6.45) is 3.76. The van der Waals surface area contributed by atoms with Crippen LogP contribution < -0.4 is 10.6 Å². The van der Waals surface area contributed by atoms with Gasteiger partial charge in [-0.3, -0.25) is 0 Å². The molecule has 1 heterocycles. The molecular weight excluding hydrogens is 240 g/mol. The lowest BCUT2D eigenvalue weighted by molar-refractivity contribution is 0.134. The number of aryl methyl sites for hydroxylation is 1. The monoisotopic (exact) mass is 264 g/mol. The maximum absolute atomic E-state index is 5.58. The summed E-state index contributed by atoms with van der Waals surface area (Å²) in [5.41, 5.74) is 0. The van der Waals surface area contributed by atoms with Gasteiger partial charge in [0.15, 0.2) is 0 Å². The van der Waals surface area contributed by atoms with Crippen LogP contribution in [0.3, 0.4) is 0 Å². The minimum atomic E-state index is 0.733. The van der Waals surface area contributed by atoms with Gasteiger partial charge in [0.1, 0.15) is 17.5 Å². The second-order valence-electron chi connectivity index (χ2n) is 5.06. The minimum Gasteiger partial charge on any atom is -0.379 e. The Morgan fingerprint density at radius 1 is 1.21 bits per heavy atom. The van der Waals surface area contributed by atoms with Crippen LogP contribution in [-0.4, -0.2) is 36.3 Å². The molecule has 1 aromatic heterocycles. The van der Waals surface area contributed by atoms with Gasteiger partial charge in [-0.2, -0.15) is 0 Å². The van der Waals surface area contributed by atoms with E-state index in [0.717, 1.165) is 56.1 Å². The van der Waals surface area contributed by atoms with Crippen molar-refractivity contribution < 1.29 is 4.74 Å². The summed E-state index contributed by atoms with van der Waals surface area (Å²) in [6, 6.07) is 1.95. The number of aromatic nitrogens is 2. The quantitative estimate of drug-likeness (QED) is 0.671. The highest BCUT2D eigenvalue weighted by atomic mass is 16.5. The molecule has 5 heteroatoms. The molecule has 0 atom stereocenters. The van der Waals surface area contributed by atoms with E-state index in [1.807, 2.05) is 13.0 Å². The second kappa shape index (κ2) is 7.28. The maximum Gasteiger partial charge on any atom is 0.131 e. The fourth-order valence-electron chi connectivity index (χ4n) is 1.79. The lowest BCUT2D eigenvalue weighted by Crippen LogP contribution is -2.13. The van der Waals surface area contributed by atoms with Crippen molar-refractivity contribution in [3.05, 3.63) is 11.9 Å². The van der Waals surface area contributed by atoms with E-state index in [2.05, 4.69) is 27.5 Å². The molecule has 1 aliphatic carbocycles. The first kappa shape index (κ1) is 14.1. The standard InChI is InChI=1S/C14H24N4O/c1-3-6-15-13-9-14(18-11(2)17-13)16-7-8-19-10-12-4-5-12/h9,12H,3-8,10H2,1-2H3,(H2,15,16,17,18). The summed E-state index contributed by atoms with van der Waals surface area (Å²) in [5.74, 6) is 3.35. The Hall–Kier alpha value is -1.36. The van der Waals surface area contributed by atoms with Crippen LogP contribution in [0.25, 0.3) is 0 Å². The van der Waals surface area contributed by atoms with Crippen LogP contribution in [0.4, 0.5) is 11.6 Å². The average Bonchev–Trinajstić information content (AvgIpc) is 3.19. The van der Waals surface area contributed by atoms with E-state index in [1.165, 1.54) is 12.8 Å². The lowest BCUT2D eigenvalue weighted by atomic mass is 10.4. The van der Waals surface area contributed by atoms with E-state index in [4.69, 9.17) is 4.74 Å². The van der Waals surface area contributed by atoms with E-state index in [0.29, 0.717) is 0 Å². The Bertz CT molecular complexity index is 393. The van der Waals surface area contributed by atoms with Crippen LogP contribution in [0.2, 0.25) is 0 Å². The fraction of sp³-hybridized carbons (Fsp3) is 0.714. The average molecular weight is 264 g/mol. The van der Waals surface area contributed by atoms with Crippen LogP contribution >= 0.6 is 0 Å². The molecule has 0 aliphatic heterocycles. The molecule has 0 amide bonds. The Labute approximate surface area is 115 Å². The van der Waals surface area contributed by atoms with Gasteiger partial charge in [0, 0.05) is 25.8 Å². The third-order valence-electron chi connectivity index (χ3n) is 3.00. The molecule has 2 N–H and O–H groups in total. The highest BCUT2D eigenvalue weighted by molar-refractivity contribution is 5.47. The van der Waals surface area contributed by atoms with Crippen molar-refractivity contribution in [1.29, 1.82) is 0 Å². The first-order valence-corrected chi connectivity index (χ1v) is 7.19. The first-order valence-electron chi connectivity index (χ1n) is 7.19. The van der Waals surface area contributed by atoms with Gasteiger partial charge < -0.3 is 15.4 Å². The predicted octanol–water partition coefficient (Wildman–Crippen LogP) is 2.45. The molecule has 1 saturated carbocycles. The normalized spacial score (nSPS) is 14.4. The lowest BCUT2D eigenvalue weighted by Gasteiger charge is -2.10. The minimum absolute atomic E-state index is 0.733. The molecule has 0 saturated heterocycles. The fourth-order valence-corrected chi connectivity index (χ4v) is 1.79. The van der Waals surface area contributed by atoms with Crippen molar-refractivity contribution >= 4 is 11.6 Å². The maximum atomic E-state index is 5.58. The highest BCUT2D eigenvalue weighted by Gasteiger charge is 2.20. The Balaban J connectivity index is 1.72. The third-order valence-corrected chi connectivity index (χ3v) is 3.00. The van der Waals surface area contributed by atoms with Gasteiger partial charge in [-0.05, 0) is 32.1 Å². The van der Waals surface area contributed by atoms with Crippen LogP contribution in [-0.2, 0) is 4.74 Å². The summed E-state index contributed by atoms with van der Waals surface area (Å²) in [6.45, 7) is 7.41. The number of hydrogen-bond donors (Lipinski definition) is 2. The Morgan fingerprint density at radius 3 is 2.53 bits per heavy atom. The van der Waals surface area contributed by atoms with Gasteiger partial charge >= 0.3 is 0 Å². The summed E-state index contributed by atoms with van der Waals surface area (Å²) in [4.78, 5) is 8.72. The number of anilines is 2. The third kappa shape index (κ3) is 5.42. The van der Waals surface area contributed by atoms with Crippen molar-refractivity contribution in [1.82, 2.24) is 9.97 Å². The van der Waals surface area contributed by atoms with Crippen LogP contribution in [0, 0.1) is 12.8 Å². The predicted molar refractivity (Wildman–Crippen MR) is 77.6 cm³/mol. The van der Waals surface area contributed by atoms with Gasteiger partial charge in [0.25, 0.3) is 0 Å². The highest BCUT2D eigenvalue weighted by Crippen LogP contribution is 2.28. The molecule has 19 heavy (non-hydrogen) atoms. The van der Waals surface area contributed by atoms with Crippen LogP contribution in [0.5, 0.6) is 0 Å². The molecule has 5 nitrogen and oxygen atoms in total. The zero-order valence-electron chi connectivity index (χ0n) is 11.9. The van der Waals surface area contributed by atoms with Gasteiger partial charge in [-0.15, -0.1) is 0 Å². The zero-order valence-corrected chi connectivity index (χ0v) is 11.9. The van der Waals surface area contributed by atoms with Crippen molar-refractivity contribution in [2.24, 2.45) is 5.92 Å². The number of nitrogens with zero attached hydrogens (tertiary/aromatic N) is 2. The van der Waals surface area contributed by atoms with Gasteiger partial charge in [-0.1, -0.05) is 6.92 Å². The number of ether oxygens (including phenoxy) is 1. The van der Waals surface area contributed by atoms with E-state index >= 15 is 0 Å². The van der Waals surface area contributed by atoms with E-state index < -0.39 is 0 Å². The zero-order chi connectivity index (χ0) is 13.5.